The number of aromatic nitrogens is 3. The van der Waals surface area contributed by atoms with Crippen LogP contribution < -0.4 is 5.32 Å². The van der Waals surface area contributed by atoms with Crippen molar-refractivity contribution in [2.45, 2.75) is 44.9 Å². The smallest absolute Gasteiger partial charge is 0.381 e. The molecule has 0 spiro atoms. The Morgan fingerprint density at radius 1 is 1.19 bits per heavy atom. The van der Waals surface area contributed by atoms with Gasteiger partial charge >= 0.3 is 12.2 Å². The van der Waals surface area contributed by atoms with E-state index in [9.17, 15) is 18.0 Å². The number of rotatable bonds is 4. The van der Waals surface area contributed by atoms with Gasteiger partial charge in [0.2, 0.25) is 0 Å². The molecule has 0 saturated carbocycles. The third-order valence-electron chi connectivity index (χ3n) is 5.65. The lowest BCUT2D eigenvalue weighted by Gasteiger charge is -2.28. The number of pyridine rings is 1. The van der Waals surface area contributed by atoms with E-state index in [0.29, 0.717) is 31.0 Å². The normalized spacial score (nSPS) is 17.3. The standard InChI is InChI=1S/C21H24F3N5O2/c22-21(23,24)18-2-1-15(10-25-18)11-27-20(30)29-6-3-16-12-26-19(28-17(16)13-29)9-14-4-7-31-8-5-14/h1-2,10,12,14H,3-9,11,13H2,(H,27,30). The summed E-state index contributed by atoms with van der Waals surface area (Å²) in [5.74, 6) is 1.32. The van der Waals surface area contributed by atoms with Crippen molar-refractivity contribution in [2.24, 2.45) is 5.92 Å². The number of carbonyl (C=O) groups is 1. The van der Waals surface area contributed by atoms with Gasteiger partial charge in [-0.25, -0.2) is 14.8 Å². The Morgan fingerprint density at radius 2 is 2.00 bits per heavy atom. The Kier molecular flexibility index (Phi) is 6.35. The van der Waals surface area contributed by atoms with E-state index in [1.807, 2.05) is 6.20 Å². The second-order valence-corrected chi connectivity index (χ2v) is 7.90. The van der Waals surface area contributed by atoms with Gasteiger partial charge in [-0.1, -0.05) is 6.07 Å². The van der Waals surface area contributed by atoms with E-state index >= 15 is 0 Å². The SMILES string of the molecule is O=C(NCc1ccc(C(F)(F)F)nc1)N1CCc2cnc(CC3CCOCC3)nc2C1. The summed E-state index contributed by atoms with van der Waals surface area (Å²) in [4.78, 5) is 26.8. The number of carbonyl (C=O) groups excluding carboxylic acids is 1. The molecule has 0 bridgehead atoms. The quantitative estimate of drug-likeness (QED) is 0.798. The van der Waals surface area contributed by atoms with E-state index < -0.39 is 11.9 Å². The lowest BCUT2D eigenvalue weighted by atomic mass is 9.96. The number of ether oxygens (including phenoxy) is 1. The van der Waals surface area contributed by atoms with Crippen molar-refractivity contribution in [1.29, 1.82) is 0 Å². The van der Waals surface area contributed by atoms with E-state index in [1.54, 1.807) is 4.90 Å². The molecule has 1 N–H and O–H groups in total. The van der Waals surface area contributed by atoms with Gasteiger partial charge in [-0.15, -0.1) is 0 Å². The Hall–Kier alpha value is -2.75. The molecule has 7 nitrogen and oxygen atoms in total. The van der Waals surface area contributed by atoms with Crippen molar-refractivity contribution in [3.8, 4) is 0 Å². The summed E-state index contributed by atoms with van der Waals surface area (Å²) in [5.41, 5.74) is 1.45. The predicted molar refractivity (Wildman–Crippen MR) is 105 cm³/mol. The largest absolute Gasteiger partial charge is 0.433 e. The number of fused-ring (bicyclic) bond motifs is 1. The molecule has 4 heterocycles. The Labute approximate surface area is 178 Å². The molecular formula is C21H24F3N5O2. The number of urea groups is 1. The molecule has 0 aromatic carbocycles. The number of alkyl halides is 3. The van der Waals surface area contributed by atoms with Crippen LogP contribution in [0.5, 0.6) is 0 Å². The fraction of sp³-hybridized carbons (Fsp3) is 0.524. The van der Waals surface area contributed by atoms with Crippen molar-refractivity contribution in [3.05, 3.63) is 52.9 Å². The fourth-order valence-electron chi connectivity index (χ4n) is 3.81. The van der Waals surface area contributed by atoms with Crippen molar-refractivity contribution in [2.75, 3.05) is 19.8 Å². The molecule has 166 valence electrons. The van der Waals surface area contributed by atoms with Crippen molar-refractivity contribution < 1.29 is 22.7 Å². The molecule has 0 unspecified atom stereocenters. The van der Waals surface area contributed by atoms with Crippen LogP contribution in [0.15, 0.2) is 24.5 Å². The second-order valence-electron chi connectivity index (χ2n) is 7.90. The first-order chi connectivity index (χ1) is 14.9. The van der Waals surface area contributed by atoms with Crippen LogP contribution in [0.3, 0.4) is 0 Å². The minimum Gasteiger partial charge on any atom is -0.381 e. The van der Waals surface area contributed by atoms with Gasteiger partial charge in [-0.2, -0.15) is 13.2 Å². The highest BCUT2D eigenvalue weighted by molar-refractivity contribution is 5.74. The van der Waals surface area contributed by atoms with E-state index in [-0.39, 0.29) is 12.6 Å². The monoisotopic (exact) mass is 435 g/mol. The first kappa shape index (κ1) is 21.5. The minimum atomic E-state index is -4.48. The first-order valence-electron chi connectivity index (χ1n) is 10.3. The molecule has 4 rings (SSSR count). The summed E-state index contributed by atoms with van der Waals surface area (Å²) >= 11 is 0. The zero-order chi connectivity index (χ0) is 21.8. The Bertz CT molecular complexity index is 914. The molecule has 0 radical (unpaired) electrons. The highest BCUT2D eigenvalue weighted by atomic mass is 19.4. The van der Waals surface area contributed by atoms with Gasteiger partial charge in [0.25, 0.3) is 0 Å². The highest BCUT2D eigenvalue weighted by Gasteiger charge is 2.32. The molecule has 31 heavy (non-hydrogen) atoms. The molecule has 2 aromatic heterocycles. The van der Waals surface area contributed by atoms with Gasteiger partial charge in [0.05, 0.1) is 12.2 Å². The summed E-state index contributed by atoms with van der Waals surface area (Å²) < 4.78 is 43.2. The summed E-state index contributed by atoms with van der Waals surface area (Å²) in [5, 5.41) is 2.75. The third kappa shape index (κ3) is 5.49. The van der Waals surface area contributed by atoms with Gasteiger partial charge in [0.15, 0.2) is 0 Å². The summed E-state index contributed by atoms with van der Waals surface area (Å²) in [6.45, 7) is 2.57. The molecule has 2 aliphatic rings. The van der Waals surface area contributed by atoms with Crippen molar-refractivity contribution in [1.82, 2.24) is 25.2 Å². The van der Waals surface area contributed by atoms with E-state index in [4.69, 9.17) is 9.72 Å². The molecular weight excluding hydrogens is 411 g/mol. The molecule has 2 amide bonds. The fourth-order valence-corrected chi connectivity index (χ4v) is 3.81. The lowest BCUT2D eigenvalue weighted by molar-refractivity contribution is -0.141. The summed E-state index contributed by atoms with van der Waals surface area (Å²) in [6, 6.07) is 1.95. The number of nitrogens with one attached hydrogen (secondary N) is 1. The van der Waals surface area contributed by atoms with Crippen LogP contribution >= 0.6 is 0 Å². The van der Waals surface area contributed by atoms with Gasteiger partial charge < -0.3 is 15.0 Å². The van der Waals surface area contributed by atoms with Crippen LogP contribution in [0.2, 0.25) is 0 Å². The van der Waals surface area contributed by atoms with E-state index in [1.165, 1.54) is 6.07 Å². The van der Waals surface area contributed by atoms with Crippen molar-refractivity contribution in [3.63, 3.8) is 0 Å². The first-order valence-corrected chi connectivity index (χ1v) is 10.3. The molecule has 0 atom stereocenters. The number of hydrogen-bond donors (Lipinski definition) is 1. The van der Waals surface area contributed by atoms with E-state index in [2.05, 4.69) is 15.3 Å². The maximum atomic E-state index is 12.6. The number of amides is 2. The molecule has 2 aliphatic heterocycles. The summed E-state index contributed by atoms with van der Waals surface area (Å²) in [7, 11) is 0. The van der Waals surface area contributed by atoms with Gasteiger partial charge in [0.1, 0.15) is 11.5 Å². The van der Waals surface area contributed by atoms with Crippen LogP contribution in [0.4, 0.5) is 18.0 Å². The van der Waals surface area contributed by atoms with Gasteiger partial charge in [-0.05, 0) is 42.4 Å². The average molecular weight is 435 g/mol. The van der Waals surface area contributed by atoms with Crippen LogP contribution in [0, 0.1) is 5.92 Å². The molecule has 10 heteroatoms. The zero-order valence-corrected chi connectivity index (χ0v) is 17.0. The maximum Gasteiger partial charge on any atom is 0.433 e. The van der Waals surface area contributed by atoms with Crippen LogP contribution in [0.25, 0.3) is 0 Å². The number of halogens is 3. The summed E-state index contributed by atoms with van der Waals surface area (Å²) in [6.07, 6.45) is 2.01. The average Bonchev–Trinajstić information content (AvgIpc) is 2.77. The molecule has 1 fully saturated rings. The van der Waals surface area contributed by atoms with Crippen LogP contribution in [-0.2, 0) is 36.8 Å². The van der Waals surface area contributed by atoms with Gasteiger partial charge in [-0.3, -0.25) is 4.98 Å². The molecule has 1 saturated heterocycles. The number of nitrogens with zero attached hydrogens (tertiary/aromatic N) is 4. The van der Waals surface area contributed by atoms with Crippen LogP contribution in [0.1, 0.15) is 41.2 Å². The predicted octanol–water partition coefficient (Wildman–Crippen LogP) is 3.13. The molecule has 2 aromatic rings. The topological polar surface area (TPSA) is 80.2 Å². The second kappa shape index (κ2) is 9.17. The van der Waals surface area contributed by atoms with Crippen LogP contribution in [-0.4, -0.2) is 45.6 Å². The Morgan fingerprint density at radius 3 is 2.71 bits per heavy atom. The lowest BCUT2D eigenvalue weighted by Crippen LogP contribution is -2.43. The minimum absolute atomic E-state index is 0.103. The van der Waals surface area contributed by atoms with Gasteiger partial charge in [0, 0.05) is 45.1 Å². The Balaban J connectivity index is 1.33. The number of hydrogen-bond acceptors (Lipinski definition) is 5. The third-order valence-corrected chi connectivity index (χ3v) is 5.65. The van der Waals surface area contributed by atoms with Crippen molar-refractivity contribution >= 4 is 6.03 Å². The molecule has 0 aliphatic carbocycles. The van der Waals surface area contributed by atoms with E-state index in [0.717, 1.165) is 61.8 Å². The highest BCUT2D eigenvalue weighted by Crippen LogP contribution is 2.27. The maximum absolute atomic E-state index is 12.6. The zero-order valence-electron chi connectivity index (χ0n) is 17.0.